The molecule has 0 aromatic heterocycles. The molecule has 3 nitrogen and oxygen atoms in total. The van der Waals surface area contributed by atoms with E-state index in [0.29, 0.717) is 0 Å². The quantitative estimate of drug-likeness (QED) is 0.659. The predicted octanol–water partition coefficient (Wildman–Crippen LogP) is 5.36. The zero-order valence-corrected chi connectivity index (χ0v) is 18.6. The van der Waals surface area contributed by atoms with Crippen molar-refractivity contribution in [3.05, 3.63) is 35.4 Å². The van der Waals surface area contributed by atoms with Crippen LogP contribution in [0.5, 0.6) is 17.2 Å². The molecule has 0 saturated heterocycles. The molecular weight excluding hydrogens is 363 g/mol. The van der Waals surface area contributed by atoms with Gasteiger partial charge in [-0.05, 0) is 50.2 Å². The first kappa shape index (κ1) is 20.9. The van der Waals surface area contributed by atoms with Crippen LogP contribution in [0.3, 0.4) is 0 Å². The number of methoxy groups -OCH3 is 2. The molecule has 0 spiro atoms. The first-order valence-corrected chi connectivity index (χ1v) is 10.1. The van der Waals surface area contributed by atoms with Crippen LogP contribution in [0.1, 0.15) is 31.9 Å². The van der Waals surface area contributed by atoms with E-state index in [1.54, 1.807) is 14.2 Å². The summed E-state index contributed by atoms with van der Waals surface area (Å²) in [7, 11) is 3.02. The topological polar surface area (TPSA) is 27.7 Å². The van der Waals surface area contributed by atoms with E-state index >= 15 is 0 Å². The van der Waals surface area contributed by atoms with Crippen molar-refractivity contribution in [1.82, 2.24) is 0 Å². The van der Waals surface area contributed by atoms with E-state index in [1.165, 1.54) is 10.9 Å². The molecule has 0 fully saturated rings. The van der Waals surface area contributed by atoms with Gasteiger partial charge in [-0.15, -0.1) is 0 Å². The molecule has 26 heavy (non-hydrogen) atoms. The Morgan fingerprint density at radius 2 is 1.58 bits per heavy atom. The van der Waals surface area contributed by atoms with Crippen molar-refractivity contribution >= 4 is 26.7 Å². The highest BCUT2D eigenvalue weighted by atomic mass is 32.1. The molecule has 1 heterocycles. The normalized spacial score (nSPS) is 15.7. The maximum atomic E-state index is 6.05. The fourth-order valence-electron chi connectivity index (χ4n) is 3.57. The maximum absolute atomic E-state index is 6.05. The molecule has 0 unspecified atom stereocenters. The van der Waals surface area contributed by atoms with Crippen LogP contribution in [-0.4, -0.2) is 25.7 Å². The molecule has 1 atom stereocenters. The summed E-state index contributed by atoms with van der Waals surface area (Å²) >= 11 is 0. The second-order valence-electron chi connectivity index (χ2n) is 7.48. The fourth-order valence-corrected chi connectivity index (χ4v) is 5.91. The van der Waals surface area contributed by atoms with Gasteiger partial charge in [-0.2, -0.15) is 13.5 Å². The Kier molecular flexibility index (Phi) is 6.20. The lowest BCUT2D eigenvalue weighted by molar-refractivity contribution is 0.393. The van der Waals surface area contributed by atoms with Gasteiger partial charge in [0, 0.05) is 10.9 Å². The summed E-state index contributed by atoms with van der Waals surface area (Å²) in [5.41, 5.74) is 4.46. The van der Waals surface area contributed by atoms with Crippen molar-refractivity contribution in [1.29, 1.82) is 0 Å². The smallest absolute Gasteiger partial charge is 0.133 e. The van der Waals surface area contributed by atoms with Crippen molar-refractivity contribution < 1.29 is 14.2 Å². The van der Waals surface area contributed by atoms with Crippen molar-refractivity contribution in [2.24, 2.45) is 0 Å². The zero-order valence-electron chi connectivity index (χ0n) is 16.7. The average Bonchev–Trinajstić information content (AvgIpc) is 2.98. The van der Waals surface area contributed by atoms with Crippen LogP contribution in [0, 0.1) is 13.8 Å². The Bertz CT molecular complexity index is 784. The number of hydrogen-bond acceptors (Lipinski definition) is 3. The van der Waals surface area contributed by atoms with Gasteiger partial charge in [0.2, 0.25) is 0 Å². The third kappa shape index (κ3) is 3.42. The second kappa shape index (κ2) is 7.70. The SMILES string of the molecule is COc1c(C)cc(C)c(OC)c1-c1cccc2c1[P@@](C(C)(C)C)CO2.S. The highest BCUT2D eigenvalue weighted by Gasteiger charge is 2.37. The molecule has 142 valence electrons. The summed E-state index contributed by atoms with van der Waals surface area (Å²) < 4.78 is 17.6. The Labute approximate surface area is 165 Å². The van der Waals surface area contributed by atoms with E-state index in [9.17, 15) is 0 Å². The van der Waals surface area contributed by atoms with E-state index in [-0.39, 0.29) is 18.7 Å². The van der Waals surface area contributed by atoms with E-state index < -0.39 is 7.92 Å². The van der Waals surface area contributed by atoms with Crippen LogP contribution in [0.2, 0.25) is 0 Å². The third-order valence-electron chi connectivity index (χ3n) is 4.71. The summed E-state index contributed by atoms with van der Waals surface area (Å²) in [6.07, 6.45) is 0.778. The van der Waals surface area contributed by atoms with E-state index in [4.69, 9.17) is 14.2 Å². The Morgan fingerprint density at radius 3 is 2.08 bits per heavy atom. The molecule has 5 heteroatoms. The summed E-state index contributed by atoms with van der Waals surface area (Å²) in [4.78, 5) is 0. The van der Waals surface area contributed by atoms with Crippen LogP contribution in [0.25, 0.3) is 11.1 Å². The molecule has 3 rings (SSSR count). The van der Waals surface area contributed by atoms with Crippen LogP contribution >= 0.6 is 21.4 Å². The van der Waals surface area contributed by atoms with E-state index in [1.807, 2.05) is 0 Å². The van der Waals surface area contributed by atoms with E-state index in [0.717, 1.165) is 40.3 Å². The zero-order chi connectivity index (χ0) is 18.4. The molecule has 2 aromatic rings. The first-order chi connectivity index (χ1) is 11.8. The third-order valence-corrected chi connectivity index (χ3v) is 7.72. The van der Waals surface area contributed by atoms with Gasteiger partial charge < -0.3 is 14.2 Å². The van der Waals surface area contributed by atoms with Crippen LogP contribution in [-0.2, 0) is 0 Å². The molecule has 0 aliphatic carbocycles. The lowest BCUT2D eigenvalue weighted by Crippen LogP contribution is -2.19. The number of rotatable bonds is 3. The summed E-state index contributed by atoms with van der Waals surface area (Å²) in [6.45, 7) is 11.1. The largest absolute Gasteiger partial charge is 0.496 e. The molecule has 2 aromatic carbocycles. The highest BCUT2D eigenvalue weighted by Crippen LogP contribution is 2.57. The van der Waals surface area contributed by atoms with Gasteiger partial charge >= 0.3 is 0 Å². The minimum atomic E-state index is -0.434. The minimum absolute atomic E-state index is 0. The summed E-state index contributed by atoms with van der Waals surface area (Å²) in [5.74, 6) is 2.76. The first-order valence-electron chi connectivity index (χ1n) is 8.55. The maximum Gasteiger partial charge on any atom is 0.133 e. The van der Waals surface area contributed by atoms with Gasteiger partial charge in [0.05, 0.1) is 19.8 Å². The fraction of sp³-hybridized carbons (Fsp3) is 0.429. The Hall–Kier alpha value is -1.38. The van der Waals surface area contributed by atoms with Gasteiger partial charge in [0.25, 0.3) is 0 Å². The monoisotopic (exact) mass is 392 g/mol. The Morgan fingerprint density at radius 1 is 1.00 bits per heavy atom. The lowest BCUT2D eigenvalue weighted by Gasteiger charge is -2.28. The number of hydrogen-bond donors (Lipinski definition) is 0. The standard InChI is InChI=1S/C21H27O3P.H2S/c1-13-11-14(2)19(23-7)17(18(13)22-6)15-9-8-10-16-20(15)25(12-24-16)21(3,4)5;/h8-11H,12H2,1-7H3;1H2/t25-;/m0./s1. The van der Waals surface area contributed by atoms with Gasteiger partial charge in [-0.3, -0.25) is 0 Å². The van der Waals surface area contributed by atoms with Crippen LogP contribution in [0.15, 0.2) is 24.3 Å². The molecule has 0 bridgehead atoms. The van der Waals surface area contributed by atoms with Crippen molar-refractivity contribution in [2.45, 2.75) is 39.8 Å². The number of benzene rings is 2. The van der Waals surface area contributed by atoms with Crippen molar-refractivity contribution in [2.75, 3.05) is 20.6 Å². The van der Waals surface area contributed by atoms with Gasteiger partial charge in [-0.25, -0.2) is 0 Å². The van der Waals surface area contributed by atoms with Gasteiger partial charge in [0.15, 0.2) is 0 Å². The van der Waals surface area contributed by atoms with E-state index in [2.05, 4.69) is 58.9 Å². The molecule has 0 radical (unpaired) electrons. The van der Waals surface area contributed by atoms with Gasteiger partial charge in [0.1, 0.15) is 23.6 Å². The molecule has 1 aliphatic heterocycles. The summed E-state index contributed by atoms with van der Waals surface area (Å²) in [6, 6.07) is 8.43. The van der Waals surface area contributed by atoms with Crippen LogP contribution in [0.4, 0.5) is 0 Å². The predicted molar refractivity (Wildman–Crippen MR) is 117 cm³/mol. The highest BCUT2D eigenvalue weighted by molar-refractivity contribution is 7.67. The minimum Gasteiger partial charge on any atom is -0.496 e. The lowest BCUT2D eigenvalue weighted by atomic mass is 9.97. The molecule has 1 aliphatic rings. The Balaban J connectivity index is 0.00000243. The van der Waals surface area contributed by atoms with Crippen molar-refractivity contribution in [3.8, 4) is 28.4 Å². The van der Waals surface area contributed by atoms with Crippen LogP contribution < -0.4 is 19.5 Å². The van der Waals surface area contributed by atoms with Gasteiger partial charge in [-0.1, -0.05) is 32.9 Å². The summed E-state index contributed by atoms with van der Waals surface area (Å²) in [5, 5.41) is 1.50. The number of fused-ring (bicyclic) bond motifs is 1. The molecule has 0 N–H and O–H groups in total. The number of ether oxygens (including phenoxy) is 3. The number of aryl methyl sites for hydroxylation is 2. The van der Waals surface area contributed by atoms with Crippen molar-refractivity contribution in [3.63, 3.8) is 0 Å². The molecule has 0 saturated carbocycles. The second-order valence-corrected chi connectivity index (χ2v) is 10.4. The molecular formula is C21H29O3PS. The average molecular weight is 393 g/mol. The molecule has 0 amide bonds.